The van der Waals surface area contributed by atoms with Gasteiger partial charge in [-0.1, -0.05) is 11.8 Å². The first-order chi connectivity index (χ1) is 13.6. The number of furan rings is 2. The number of aromatic nitrogens is 4. The summed E-state index contributed by atoms with van der Waals surface area (Å²) < 4.78 is 10.9. The van der Waals surface area contributed by atoms with Crippen molar-refractivity contribution < 1.29 is 13.6 Å². The maximum absolute atomic E-state index is 12.2. The van der Waals surface area contributed by atoms with Gasteiger partial charge in [-0.05, 0) is 38.1 Å². The predicted octanol–water partition coefficient (Wildman–Crippen LogP) is 4.20. The summed E-state index contributed by atoms with van der Waals surface area (Å²) in [4.78, 5) is 22.1. The number of thiazole rings is 1. The lowest BCUT2D eigenvalue weighted by Crippen LogP contribution is -2.14. The van der Waals surface area contributed by atoms with Gasteiger partial charge in [-0.2, -0.15) is 0 Å². The van der Waals surface area contributed by atoms with Crippen LogP contribution >= 0.6 is 23.1 Å². The van der Waals surface area contributed by atoms with Gasteiger partial charge < -0.3 is 14.2 Å². The Kier molecular flexibility index (Phi) is 5.22. The van der Waals surface area contributed by atoms with Crippen molar-refractivity contribution in [1.82, 2.24) is 20.2 Å². The maximum Gasteiger partial charge on any atom is 0.236 e. The Morgan fingerprint density at radius 3 is 2.39 bits per heavy atom. The number of amides is 1. The van der Waals surface area contributed by atoms with Crippen molar-refractivity contribution in [2.75, 3.05) is 11.1 Å². The number of nitrogens with one attached hydrogen (secondary N) is 1. The number of nitrogens with zero attached hydrogens (tertiary/aromatic N) is 4. The normalized spacial score (nSPS) is 10.9. The molecule has 0 aliphatic carbocycles. The second kappa shape index (κ2) is 7.95. The molecule has 4 aromatic heterocycles. The monoisotopic (exact) mass is 413 g/mol. The van der Waals surface area contributed by atoms with Crippen LogP contribution in [-0.4, -0.2) is 31.8 Å². The standard InChI is InChI=1S/C18H15N5O3S2/c1-10-11(2)28-17(19-10)20-14(24)9-27-18-21-15(12-5-3-7-25-12)16(22-23-18)13-6-4-8-26-13/h3-8H,9H2,1-2H3,(H,19,20,24). The molecule has 142 valence electrons. The number of hydrogen-bond donors (Lipinski definition) is 1. The average Bonchev–Trinajstić information content (AvgIpc) is 3.43. The van der Waals surface area contributed by atoms with E-state index in [1.807, 2.05) is 13.8 Å². The number of hydrogen-bond acceptors (Lipinski definition) is 9. The number of carbonyl (C=O) groups excluding carboxylic acids is 1. The van der Waals surface area contributed by atoms with E-state index in [4.69, 9.17) is 8.83 Å². The topological polar surface area (TPSA) is 107 Å². The van der Waals surface area contributed by atoms with Crippen molar-refractivity contribution in [3.8, 4) is 22.9 Å². The highest BCUT2D eigenvalue weighted by atomic mass is 32.2. The smallest absolute Gasteiger partial charge is 0.236 e. The first-order valence-corrected chi connectivity index (χ1v) is 10.1. The van der Waals surface area contributed by atoms with Crippen LogP contribution in [0.1, 0.15) is 10.6 Å². The summed E-state index contributed by atoms with van der Waals surface area (Å²) in [6.45, 7) is 3.88. The number of anilines is 1. The molecule has 0 unspecified atom stereocenters. The third-order valence-electron chi connectivity index (χ3n) is 3.78. The highest BCUT2D eigenvalue weighted by Gasteiger charge is 2.18. The lowest BCUT2D eigenvalue weighted by atomic mass is 10.2. The van der Waals surface area contributed by atoms with Crippen LogP contribution in [0.25, 0.3) is 22.9 Å². The van der Waals surface area contributed by atoms with Gasteiger partial charge in [-0.25, -0.2) is 9.97 Å². The minimum absolute atomic E-state index is 0.136. The molecule has 0 saturated carbocycles. The van der Waals surface area contributed by atoms with Crippen LogP contribution in [0.2, 0.25) is 0 Å². The van der Waals surface area contributed by atoms with E-state index in [0.717, 1.165) is 10.6 Å². The van der Waals surface area contributed by atoms with Gasteiger partial charge in [0.05, 0.1) is 24.0 Å². The zero-order chi connectivity index (χ0) is 19.5. The van der Waals surface area contributed by atoms with Crippen LogP contribution in [0.4, 0.5) is 5.13 Å². The first kappa shape index (κ1) is 18.4. The second-order valence-corrected chi connectivity index (χ2v) is 7.89. The van der Waals surface area contributed by atoms with Gasteiger partial charge >= 0.3 is 0 Å². The van der Waals surface area contributed by atoms with Crippen molar-refractivity contribution in [3.05, 3.63) is 47.4 Å². The summed E-state index contributed by atoms with van der Waals surface area (Å²) in [5, 5.41) is 12.1. The highest BCUT2D eigenvalue weighted by Crippen LogP contribution is 2.30. The minimum atomic E-state index is -0.183. The fraction of sp³-hybridized carbons (Fsp3) is 0.167. The van der Waals surface area contributed by atoms with Crippen molar-refractivity contribution in [2.24, 2.45) is 0 Å². The number of thioether (sulfide) groups is 1. The molecule has 1 amide bonds. The summed E-state index contributed by atoms with van der Waals surface area (Å²) in [7, 11) is 0. The van der Waals surface area contributed by atoms with Gasteiger partial charge in [0, 0.05) is 4.88 Å². The number of carbonyl (C=O) groups is 1. The Morgan fingerprint density at radius 1 is 1.07 bits per heavy atom. The number of aryl methyl sites for hydroxylation is 2. The third kappa shape index (κ3) is 3.97. The molecule has 4 rings (SSSR count). The van der Waals surface area contributed by atoms with Gasteiger partial charge in [-0.15, -0.1) is 21.5 Å². The van der Waals surface area contributed by atoms with E-state index < -0.39 is 0 Å². The second-order valence-electron chi connectivity index (χ2n) is 5.74. The van der Waals surface area contributed by atoms with Crippen molar-refractivity contribution >= 4 is 34.1 Å². The van der Waals surface area contributed by atoms with E-state index in [2.05, 4.69) is 25.5 Å². The molecule has 28 heavy (non-hydrogen) atoms. The summed E-state index contributed by atoms with van der Waals surface area (Å²) in [5.41, 5.74) is 1.89. The lowest BCUT2D eigenvalue weighted by Gasteiger charge is -2.05. The molecular formula is C18H15N5O3S2. The average molecular weight is 413 g/mol. The molecule has 4 aromatic rings. The molecule has 0 saturated heterocycles. The maximum atomic E-state index is 12.2. The molecule has 0 aromatic carbocycles. The van der Waals surface area contributed by atoms with Crippen LogP contribution in [0.15, 0.2) is 50.8 Å². The van der Waals surface area contributed by atoms with Crippen LogP contribution < -0.4 is 5.32 Å². The summed E-state index contributed by atoms with van der Waals surface area (Å²) in [5.74, 6) is 1.03. The third-order valence-corrected chi connectivity index (χ3v) is 5.61. The van der Waals surface area contributed by atoms with E-state index in [9.17, 15) is 4.79 Å². The molecule has 0 aliphatic heterocycles. The summed E-state index contributed by atoms with van der Waals surface area (Å²) in [6, 6.07) is 7.08. The van der Waals surface area contributed by atoms with E-state index in [1.165, 1.54) is 23.1 Å². The van der Waals surface area contributed by atoms with E-state index in [1.54, 1.807) is 36.8 Å². The van der Waals surface area contributed by atoms with Crippen molar-refractivity contribution in [2.45, 2.75) is 19.0 Å². The molecular weight excluding hydrogens is 398 g/mol. The van der Waals surface area contributed by atoms with Crippen LogP contribution in [0.3, 0.4) is 0 Å². The lowest BCUT2D eigenvalue weighted by molar-refractivity contribution is -0.113. The molecule has 0 fully saturated rings. The van der Waals surface area contributed by atoms with Crippen LogP contribution in [0, 0.1) is 13.8 Å². The Balaban J connectivity index is 1.50. The van der Waals surface area contributed by atoms with Gasteiger partial charge in [0.1, 0.15) is 5.69 Å². The summed E-state index contributed by atoms with van der Waals surface area (Å²) in [6.07, 6.45) is 3.11. The van der Waals surface area contributed by atoms with Gasteiger partial charge in [0.2, 0.25) is 11.1 Å². The van der Waals surface area contributed by atoms with Crippen molar-refractivity contribution in [3.63, 3.8) is 0 Å². The molecule has 0 spiro atoms. The van der Waals surface area contributed by atoms with Gasteiger partial charge in [0.25, 0.3) is 0 Å². The quantitative estimate of drug-likeness (QED) is 0.469. The van der Waals surface area contributed by atoms with E-state index in [0.29, 0.717) is 33.2 Å². The Labute approximate surface area is 168 Å². The predicted molar refractivity (Wildman–Crippen MR) is 106 cm³/mol. The van der Waals surface area contributed by atoms with Gasteiger partial charge in [0.15, 0.2) is 22.3 Å². The highest BCUT2D eigenvalue weighted by molar-refractivity contribution is 7.99. The largest absolute Gasteiger partial charge is 0.463 e. The molecule has 1 N–H and O–H groups in total. The zero-order valence-electron chi connectivity index (χ0n) is 15.0. The van der Waals surface area contributed by atoms with Crippen molar-refractivity contribution in [1.29, 1.82) is 0 Å². The van der Waals surface area contributed by atoms with E-state index in [-0.39, 0.29) is 11.7 Å². The zero-order valence-corrected chi connectivity index (χ0v) is 16.6. The molecule has 4 heterocycles. The Bertz CT molecular complexity index is 1070. The summed E-state index contributed by atoms with van der Waals surface area (Å²) >= 11 is 2.63. The van der Waals surface area contributed by atoms with Gasteiger partial charge in [-0.3, -0.25) is 4.79 Å². The first-order valence-electron chi connectivity index (χ1n) is 8.29. The van der Waals surface area contributed by atoms with Crippen LogP contribution in [0.5, 0.6) is 0 Å². The Morgan fingerprint density at radius 2 is 1.79 bits per heavy atom. The molecule has 0 atom stereocenters. The van der Waals surface area contributed by atoms with Crippen LogP contribution in [-0.2, 0) is 4.79 Å². The number of rotatable bonds is 6. The fourth-order valence-electron chi connectivity index (χ4n) is 2.35. The molecule has 0 bridgehead atoms. The molecule has 0 aliphatic rings. The molecule has 10 heteroatoms. The minimum Gasteiger partial charge on any atom is -0.463 e. The molecule has 8 nitrogen and oxygen atoms in total. The Hall–Kier alpha value is -2.98. The molecule has 0 radical (unpaired) electrons. The van der Waals surface area contributed by atoms with E-state index >= 15 is 0 Å². The SMILES string of the molecule is Cc1nc(NC(=O)CSc2nnc(-c3ccco3)c(-c3ccco3)n2)sc1C. The fourth-order valence-corrected chi connectivity index (χ4v) is 3.77.